The van der Waals surface area contributed by atoms with Crippen molar-refractivity contribution in [3.63, 3.8) is 0 Å². The molecule has 0 aliphatic heterocycles. The van der Waals surface area contributed by atoms with Gasteiger partial charge in [0.05, 0.1) is 22.7 Å². The summed E-state index contributed by atoms with van der Waals surface area (Å²) in [6.07, 6.45) is 0. The second kappa shape index (κ2) is 7.92. The first-order valence-corrected chi connectivity index (χ1v) is 9.36. The predicted octanol–water partition coefficient (Wildman–Crippen LogP) is 3.15. The van der Waals surface area contributed by atoms with Crippen LogP contribution in [0.5, 0.6) is 0 Å². The van der Waals surface area contributed by atoms with Gasteiger partial charge >= 0.3 is 0 Å². The molecule has 0 aliphatic rings. The quantitative estimate of drug-likeness (QED) is 0.500. The number of thioether (sulfide) groups is 1. The molecule has 0 N–H and O–H groups in total. The van der Waals surface area contributed by atoms with Gasteiger partial charge in [0.15, 0.2) is 5.16 Å². The van der Waals surface area contributed by atoms with Gasteiger partial charge < -0.3 is 4.90 Å². The van der Waals surface area contributed by atoms with Crippen LogP contribution < -0.4 is 5.56 Å². The first kappa shape index (κ1) is 19.1. The Balaban J connectivity index is 2.08. The summed E-state index contributed by atoms with van der Waals surface area (Å²) in [5.74, 6) is -0.390. The van der Waals surface area contributed by atoms with Crippen molar-refractivity contribution in [2.45, 2.75) is 23.9 Å². The van der Waals surface area contributed by atoms with Gasteiger partial charge in [-0.2, -0.15) is 0 Å². The lowest BCUT2D eigenvalue weighted by Crippen LogP contribution is -2.31. The largest absolute Gasteiger partial charge is 0.348 e. The van der Waals surface area contributed by atoms with E-state index in [1.165, 1.54) is 28.8 Å². The highest BCUT2D eigenvalue weighted by molar-refractivity contribution is 8.00. The Labute approximate surface area is 160 Å². The molecule has 0 saturated heterocycles. The Morgan fingerprint density at radius 2 is 1.85 bits per heavy atom. The van der Waals surface area contributed by atoms with Crippen LogP contribution in [0.25, 0.3) is 10.9 Å². The lowest BCUT2D eigenvalue weighted by atomic mass is 10.2. The molecule has 140 valence electrons. The summed E-state index contributed by atoms with van der Waals surface area (Å²) in [7, 11) is 3.39. The van der Waals surface area contributed by atoms with Gasteiger partial charge in [-0.3, -0.25) is 14.2 Å². The number of nitrogens with zero attached hydrogens (tertiary/aromatic N) is 3. The lowest BCUT2D eigenvalue weighted by Gasteiger charge is -2.18. The fraction of sp³-hybridized carbons (Fsp3) is 0.250. The third kappa shape index (κ3) is 4.19. The van der Waals surface area contributed by atoms with Crippen LogP contribution in [0.4, 0.5) is 4.39 Å². The first-order valence-electron chi connectivity index (χ1n) is 8.48. The van der Waals surface area contributed by atoms with Gasteiger partial charge in [0.2, 0.25) is 5.91 Å². The Morgan fingerprint density at radius 3 is 2.52 bits per heavy atom. The van der Waals surface area contributed by atoms with Gasteiger partial charge in [-0.25, -0.2) is 9.37 Å². The molecule has 0 radical (unpaired) electrons. The summed E-state index contributed by atoms with van der Waals surface area (Å²) in [6.45, 7) is 2.04. The number of hydrogen-bond donors (Lipinski definition) is 0. The van der Waals surface area contributed by atoms with E-state index in [1.807, 2.05) is 6.07 Å². The van der Waals surface area contributed by atoms with Crippen LogP contribution >= 0.6 is 11.8 Å². The van der Waals surface area contributed by atoms with Crippen molar-refractivity contribution in [3.05, 3.63) is 70.3 Å². The second-order valence-electron chi connectivity index (χ2n) is 6.42. The Bertz CT molecular complexity index is 1030. The van der Waals surface area contributed by atoms with Gasteiger partial charge in [0.25, 0.3) is 5.56 Å². The minimum atomic E-state index is -0.396. The van der Waals surface area contributed by atoms with E-state index in [4.69, 9.17) is 0 Å². The molecule has 3 rings (SSSR count). The van der Waals surface area contributed by atoms with Gasteiger partial charge in [0.1, 0.15) is 5.82 Å². The van der Waals surface area contributed by atoms with Crippen LogP contribution in [0.1, 0.15) is 12.5 Å². The van der Waals surface area contributed by atoms with Gasteiger partial charge in [0, 0.05) is 14.1 Å². The van der Waals surface area contributed by atoms with Crippen LogP contribution in [-0.2, 0) is 11.3 Å². The zero-order valence-electron chi connectivity index (χ0n) is 15.3. The topological polar surface area (TPSA) is 55.2 Å². The van der Waals surface area contributed by atoms with E-state index in [9.17, 15) is 14.0 Å². The first-order chi connectivity index (χ1) is 12.9. The van der Waals surface area contributed by atoms with Gasteiger partial charge in [-0.15, -0.1) is 0 Å². The molecule has 0 aliphatic carbocycles. The molecule has 0 unspecified atom stereocenters. The number of aromatic nitrogens is 2. The van der Waals surface area contributed by atoms with Crippen LogP contribution in [-0.4, -0.2) is 39.7 Å². The maximum Gasteiger partial charge on any atom is 0.262 e. The number of hydrogen-bond acceptors (Lipinski definition) is 4. The monoisotopic (exact) mass is 385 g/mol. The van der Waals surface area contributed by atoms with E-state index < -0.39 is 5.25 Å². The number of carbonyl (C=O) groups is 1. The maximum atomic E-state index is 13.2. The molecular weight excluding hydrogens is 365 g/mol. The minimum absolute atomic E-state index is 0.0595. The molecule has 1 atom stereocenters. The normalized spacial score (nSPS) is 12.1. The third-order valence-electron chi connectivity index (χ3n) is 4.15. The summed E-state index contributed by atoms with van der Waals surface area (Å²) in [6, 6.07) is 13.1. The Kier molecular flexibility index (Phi) is 5.60. The number of rotatable bonds is 5. The average molecular weight is 385 g/mol. The maximum absolute atomic E-state index is 13.2. The number of carbonyl (C=O) groups excluding carboxylic acids is 1. The van der Waals surface area contributed by atoms with Crippen molar-refractivity contribution in [1.29, 1.82) is 0 Å². The van der Waals surface area contributed by atoms with Crippen molar-refractivity contribution in [1.82, 2.24) is 14.5 Å². The van der Waals surface area contributed by atoms with E-state index in [0.29, 0.717) is 16.1 Å². The molecule has 1 amide bonds. The molecule has 5 nitrogen and oxygen atoms in total. The molecule has 0 fully saturated rings. The number of fused-ring (bicyclic) bond motifs is 1. The van der Waals surface area contributed by atoms with E-state index in [2.05, 4.69) is 4.98 Å². The van der Waals surface area contributed by atoms with Crippen molar-refractivity contribution >= 4 is 28.6 Å². The molecule has 27 heavy (non-hydrogen) atoms. The number of halogens is 1. The van der Waals surface area contributed by atoms with Crippen molar-refractivity contribution in [2.24, 2.45) is 0 Å². The van der Waals surface area contributed by atoms with E-state index in [1.54, 1.807) is 55.9 Å². The Morgan fingerprint density at radius 1 is 1.19 bits per heavy atom. The molecule has 1 heterocycles. The van der Waals surface area contributed by atoms with E-state index in [-0.39, 0.29) is 23.8 Å². The minimum Gasteiger partial charge on any atom is -0.348 e. The smallest absolute Gasteiger partial charge is 0.262 e. The number of amides is 1. The molecule has 2 aromatic carbocycles. The SMILES string of the molecule is C[C@@H](Sc1nc2ccccc2c(=O)n1Cc1ccc(F)cc1)C(=O)N(C)C. The highest BCUT2D eigenvalue weighted by Crippen LogP contribution is 2.24. The van der Waals surface area contributed by atoms with E-state index in [0.717, 1.165) is 5.56 Å². The zero-order valence-corrected chi connectivity index (χ0v) is 16.2. The van der Waals surface area contributed by atoms with Crippen LogP contribution in [0.15, 0.2) is 58.5 Å². The lowest BCUT2D eigenvalue weighted by molar-refractivity contribution is -0.127. The standard InChI is InChI=1S/C20H20FN3O2S/c1-13(18(25)23(2)3)27-20-22-17-7-5-4-6-16(17)19(26)24(20)12-14-8-10-15(21)11-9-14/h4-11,13H,12H2,1-3H3/t13-/m1/s1. The molecule has 0 bridgehead atoms. The fourth-order valence-corrected chi connectivity index (χ4v) is 3.78. The predicted molar refractivity (Wildman–Crippen MR) is 106 cm³/mol. The number of benzene rings is 2. The highest BCUT2D eigenvalue weighted by atomic mass is 32.2. The summed E-state index contributed by atoms with van der Waals surface area (Å²) < 4.78 is 14.7. The molecule has 0 spiro atoms. The summed E-state index contributed by atoms with van der Waals surface area (Å²) in [5, 5.41) is 0.578. The highest BCUT2D eigenvalue weighted by Gasteiger charge is 2.20. The van der Waals surface area contributed by atoms with Crippen LogP contribution in [0.2, 0.25) is 0 Å². The molecule has 0 saturated carbocycles. The molecule has 3 aromatic rings. The van der Waals surface area contributed by atoms with Crippen LogP contribution in [0.3, 0.4) is 0 Å². The van der Waals surface area contributed by atoms with Gasteiger partial charge in [-0.1, -0.05) is 36.0 Å². The number of para-hydroxylation sites is 1. The Hall–Kier alpha value is -2.67. The summed E-state index contributed by atoms with van der Waals surface area (Å²) in [5.41, 5.74) is 1.19. The molecule has 7 heteroatoms. The third-order valence-corrected chi connectivity index (χ3v) is 5.23. The average Bonchev–Trinajstić information content (AvgIpc) is 2.65. The zero-order chi connectivity index (χ0) is 19.6. The van der Waals surface area contributed by atoms with Crippen molar-refractivity contribution in [3.8, 4) is 0 Å². The summed E-state index contributed by atoms with van der Waals surface area (Å²) in [4.78, 5) is 31.4. The van der Waals surface area contributed by atoms with Crippen LogP contribution in [0, 0.1) is 5.82 Å². The van der Waals surface area contributed by atoms with E-state index >= 15 is 0 Å². The second-order valence-corrected chi connectivity index (χ2v) is 7.73. The molecular formula is C20H20FN3O2S. The molecule has 1 aromatic heterocycles. The summed E-state index contributed by atoms with van der Waals surface area (Å²) >= 11 is 1.24. The fourth-order valence-electron chi connectivity index (χ4n) is 2.72. The van der Waals surface area contributed by atoms with Crippen molar-refractivity contribution < 1.29 is 9.18 Å². The van der Waals surface area contributed by atoms with Gasteiger partial charge in [-0.05, 0) is 36.8 Å². The van der Waals surface area contributed by atoms with Crippen molar-refractivity contribution in [2.75, 3.05) is 14.1 Å².